The maximum absolute atomic E-state index is 13.5. The number of hydrogen-bond acceptors (Lipinski definition) is 5. The molecule has 3 rings (SSSR count). The van der Waals surface area contributed by atoms with Crippen LogP contribution in [0.5, 0.6) is 0 Å². The molecule has 0 amide bonds. The topological polar surface area (TPSA) is 75.4 Å². The van der Waals surface area contributed by atoms with Crippen LogP contribution < -0.4 is 5.32 Å². The van der Waals surface area contributed by atoms with Crippen molar-refractivity contribution in [2.45, 2.75) is 46.1 Å². The van der Waals surface area contributed by atoms with Crippen LogP contribution in [0, 0.1) is 19.3 Å². The van der Waals surface area contributed by atoms with Crippen LogP contribution >= 0.6 is 0 Å². The molecule has 1 fully saturated rings. The van der Waals surface area contributed by atoms with Gasteiger partial charge in [0, 0.05) is 12.1 Å². The number of aromatic nitrogens is 1. The first-order chi connectivity index (χ1) is 11.8. The van der Waals surface area contributed by atoms with E-state index in [0.29, 0.717) is 24.3 Å². The van der Waals surface area contributed by atoms with E-state index in [9.17, 15) is 9.90 Å². The fourth-order valence-corrected chi connectivity index (χ4v) is 3.82. The highest BCUT2D eigenvalue weighted by Crippen LogP contribution is 2.42. The van der Waals surface area contributed by atoms with Gasteiger partial charge in [0.2, 0.25) is 0 Å². The molecule has 1 aliphatic rings. The van der Waals surface area contributed by atoms with Gasteiger partial charge < -0.3 is 14.9 Å². The lowest BCUT2D eigenvalue weighted by atomic mass is 9.64. The zero-order valence-electron chi connectivity index (χ0n) is 15.3. The van der Waals surface area contributed by atoms with E-state index in [1.54, 1.807) is 13.8 Å². The van der Waals surface area contributed by atoms with Gasteiger partial charge in [0.05, 0.1) is 22.8 Å². The minimum absolute atomic E-state index is 0.108. The smallest absolute Gasteiger partial charge is 0.178 e. The van der Waals surface area contributed by atoms with Crippen molar-refractivity contribution in [2.24, 2.45) is 5.41 Å². The molecule has 0 aliphatic carbocycles. The van der Waals surface area contributed by atoms with Crippen LogP contribution in [0.15, 0.2) is 28.9 Å². The lowest BCUT2D eigenvalue weighted by Gasteiger charge is -2.44. The normalized spacial score (nSPS) is 21.3. The summed E-state index contributed by atoms with van der Waals surface area (Å²) < 4.78 is 5.47. The zero-order chi connectivity index (χ0) is 18.2. The average molecular weight is 342 g/mol. The molecule has 0 bridgehead atoms. The van der Waals surface area contributed by atoms with Crippen molar-refractivity contribution in [2.75, 3.05) is 13.1 Å². The molecule has 1 aromatic heterocycles. The minimum atomic E-state index is -1.14. The Morgan fingerprint density at radius 1 is 1.36 bits per heavy atom. The van der Waals surface area contributed by atoms with Gasteiger partial charge in [-0.25, -0.2) is 0 Å². The van der Waals surface area contributed by atoms with Gasteiger partial charge in [0.1, 0.15) is 0 Å². The van der Waals surface area contributed by atoms with Crippen LogP contribution in [0.2, 0.25) is 0 Å². The number of carbonyl (C=O) groups excluding carboxylic acids is 1. The van der Waals surface area contributed by atoms with E-state index in [-0.39, 0.29) is 5.78 Å². The lowest BCUT2D eigenvalue weighted by molar-refractivity contribution is -0.0482. The summed E-state index contributed by atoms with van der Waals surface area (Å²) in [6.07, 6.45) is 2.97. The number of nitrogens with one attached hydrogen (secondary N) is 1. The molecule has 1 aliphatic heterocycles. The number of benzene rings is 1. The molecular formula is C20H26N2O3. The molecule has 1 saturated heterocycles. The number of Topliss-reactive ketones (excluding diaryl/α,β-unsaturated/α-hetero) is 1. The second-order valence-electron chi connectivity index (χ2n) is 7.64. The van der Waals surface area contributed by atoms with E-state index in [4.69, 9.17) is 4.52 Å². The third-order valence-electron chi connectivity index (χ3n) is 5.43. The third kappa shape index (κ3) is 3.02. The summed E-state index contributed by atoms with van der Waals surface area (Å²) in [6.45, 7) is 8.75. The maximum Gasteiger partial charge on any atom is 0.178 e. The molecule has 0 saturated carbocycles. The van der Waals surface area contributed by atoms with Crippen molar-refractivity contribution >= 4 is 5.78 Å². The average Bonchev–Trinajstić information content (AvgIpc) is 3.03. The van der Waals surface area contributed by atoms with Gasteiger partial charge >= 0.3 is 0 Å². The Bertz CT molecular complexity index is 780. The fourth-order valence-electron chi connectivity index (χ4n) is 3.82. The van der Waals surface area contributed by atoms with E-state index in [2.05, 4.69) is 16.5 Å². The SMILES string of the molecule is Cc1ccc(-c2oncc2C(=O)[C@@]2(C(C)(C)O)CCCNC2)c(C)c1. The van der Waals surface area contributed by atoms with Gasteiger partial charge in [-0.15, -0.1) is 0 Å². The summed E-state index contributed by atoms with van der Waals surface area (Å²) in [6, 6.07) is 6.00. The molecule has 0 radical (unpaired) electrons. The van der Waals surface area contributed by atoms with Gasteiger partial charge in [0.15, 0.2) is 11.5 Å². The molecule has 1 aromatic carbocycles. The number of piperidine rings is 1. The van der Waals surface area contributed by atoms with Crippen LogP contribution in [0.25, 0.3) is 11.3 Å². The lowest BCUT2D eigenvalue weighted by Crippen LogP contribution is -2.57. The number of ketones is 1. The second kappa shape index (κ2) is 6.39. The molecule has 1 atom stereocenters. The van der Waals surface area contributed by atoms with E-state index >= 15 is 0 Å². The monoisotopic (exact) mass is 342 g/mol. The number of nitrogens with zero attached hydrogens (tertiary/aromatic N) is 1. The highest BCUT2D eigenvalue weighted by atomic mass is 16.5. The van der Waals surface area contributed by atoms with E-state index in [1.807, 2.05) is 26.0 Å². The largest absolute Gasteiger partial charge is 0.389 e. The number of rotatable bonds is 4. The predicted octanol–water partition coefficient (Wildman–Crippen LogP) is 3.28. The van der Waals surface area contributed by atoms with Crippen molar-refractivity contribution in [3.63, 3.8) is 0 Å². The van der Waals surface area contributed by atoms with Crippen molar-refractivity contribution in [3.05, 3.63) is 41.1 Å². The molecule has 2 heterocycles. The van der Waals surface area contributed by atoms with Crippen molar-refractivity contribution < 1.29 is 14.4 Å². The Labute approximate surface area is 148 Å². The highest BCUT2D eigenvalue weighted by molar-refractivity contribution is 6.05. The van der Waals surface area contributed by atoms with Crippen LogP contribution in [0.3, 0.4) is 0 Å². The summed E-state index contributed by atoms with van der Waals surface area (Å²) in [5.74, 6) is 0.375. The molecule has 5 nitrogen and oxygen atoms in total. The minimum Gasteiger partial charge on any atom is -0.389 e. The molecule has 0 spiro atoms. The van der Waals surface area contributed by atoms with Gasteiger partial charge in [0.25, 0.3) is 0 Å². The van der Waals surface area contributed by atoms with Gasteiger partial charge in [-0.3, -0.25) is 4.79 Å². The molecule has 0 unspecified atom stereocenters. The van der Waals surface area contributed by atoms with E-state index in [0.717, 1.165) is 29.7 Å². The van der Waals surface area contributed by atoms with Crippen LogP contribution in [-0.2, 0) is 0 Å². The van der Waals surface area contributed by atoms with Crippen LogP contribution in [0.4, 0.5) is 0 Å². The molecule has 134 valence electrons. The zero-order valence-corrected chi connectivity index (χ0v) is 15.3. The quantitative estimate of drug-likeness (QED) is 0.834. The first-order valence-corrected chi connectivity index (χ1v) is 8.76. The molecular weight excluding hydrogens is 316 g/mol. The third-order valence-corrected chi connectivity index (χ3v) is 5.43. The van der Waals surface area contributed by atoms with E-state index in [1.165, 1.54) is 6.20 Å². The number of aryl methyl sites for hydroxylation is 2. The Hall–Kier alpha value is -1.98. The second-order valence-corrected chi connectivity index (χ2v) is 7.64. The Morgan fingerprint density at radius 2 is 2.12 bits per heavy atom. The standard InChI is InChI=1S/C20H26N2O3/c1-13-6-7-15(14(2)10-13)17-16(11-22-25-17)18(23)20(19(3,4)24)8-5-9-21-12-20/h6-7,10-11,21,24H,5,8-9,12H2,1-4H3/t20-/m1/s1. The Kier molecular flexibility index (Phi) is 4.56. The first-order valence-electron chi connectivity index (χ1n) is 8.76. The molecule has 2 aromatic rings. The maximum atomic E-state index is 13.5. The van der Waals surface area contributed by atoms with Gasteiger partial charge in [-0.1, -0.05) is 28.9 Å². The fraction of sp³-hybridized carbons (Fsp3) is 0.500. The number of carbonyl (C=O) groups is 1. The molecule has 5 heteroatoms. The number of aliphatic hydroxyl groups is 1. The van der Waals surface area contributed by atoms with E-state index < -0.39 is 11.0 Å². The van der Waals surface area contributed by atoms with Crippen molar-refractivity contribution in [1.29, 1.82) is 0 Å². The summed E-state index contributed by atoms with van der Waals surface area (Å²) in [4.78, 5) is 13.5. The van der Waals surface area contributed by atoms with Crippen molar-refractivity contribution in [3.8, 4) is 11.3 Å². The summed E-state index contributed by atoms with van der Waals surface area (Å²) in [5, 5.41) is 18.0. The predicted molar refractivity (Wildman–Crippen MR) is 96.6 cm³/mol. The molecule has 2 N–H and O–H groups in total. The van der Waals surface area contributed by atoms with Gasteiger partial charge in [-0.05, 0) is 52.6 Å². The Morgan fingerprint density at radius 3 is 2.72 bits per heavy atom. The first kappa shape index (κ1) is 17.8. The summed E-state index contributed by atoms with van der Waals surface area (Å²) >= 11 is 0. The van der Waals surface area contributed by atoms with Crippen molar-refractivity contribution in [1.82, 2.24) is 10.5 Å². The highest BCUT2D eigenvalue weighted by Gasteiger charge is 2.51. The van der Waals surface area contributed by atoms with Crippen LogP contribution in [0.1, 0.15) is 48.2 Å². The summed E-state index contributed by atoms with van der Waals surface area (Å²) in [5.41, 5.74) is 1.46. The molecule has 25 heavy (non-hydrogen) atoms. The number of hydrogen-bond donors (Lipinski definition) is 2. The van der Waals surface area contributed by atoms with Gasteiger partial charge in [-0.2, -0.15) is 0 Å². The Balaban J connectivity index is 2.08. The van der Waals surface area contributed by atoms with Crippen LogP contribution in [-0.4, -0.2) is 34.7 Å². The summed E-state index contributed by atoms with van der Waals surface area (Å²) in [7, 11) is 0.